The summed E-state index contributed by atoms with van der Waals surface area (Å²) < 4.78 is 2.34. The monoisotopic (exact) mass is 307 g/mol. The number of nitrogens with zero attached hydrogens (tertiary/aromatic N) is 2. The van der Waals surface area contributed by atoms with E-state index in [1.807, 2.05) is 32.0 Å². The van der Waals surface area contributed by atoms with Crippen LogP contribution in [0.25, 0.3) is 5.69 Å². The van der Waals surface area contributed by atoms with E-state index in [9.17, 15) is 4.79 Å². The Kier molecular flexibility index (Phi) is 3.63. The summed E-state index contributed by atoms with van der Waals surface area (Å²) in [6.45, 7) is 4.17. The lowest BCUT2D eigenvalue weighted by Gasteiger charge is -2.09. The highest BCUT2D eigenvalue weighted by Crippen LogP contribution is 2.19. The molecule has 0 unspecified atom stereocenters. The second-order valence-corrected chi connectivity index (χ2v) is 5.00. The largest absolute Gasteiger partial charge is 0.326 e. The third-order valence-electron chi connectivity index (χ3n) is 2.84. The molecule has 0 saturated carbocycles. The van der Waals surface area contributed by atoms with E-state index >= 15 is 0 Å². The number of nitrogens with two attached hydrogens (primary N) is 1. The van der Waals surface area contributed by atoms with E-state index in [1.54, 1.807) is 0 Å². The fraction of sp³-hybridized carbons (Fsp3) is 0.231. The first-order chi connectivity index (χ1) is 8.52. The maximum atomic E-state index is 12.0. The first-order valence-corrected chi connectivity index (χ1v) is 6.38. The molecule has 5 heteroatoms. The van der Waals surface area contributed by atoms with Crippen molar-refractivity contribution >= 4 is 15.9 Å². The van der Waals surface area contributed by atoms with Crippen LogP contribution < -0.4 is 11.3 Å². The molecule has 0 radical (unpaired) electrons. The van der Waals surface area contributed by atoms with Crippen LogP contribution in [0, 0.1) is 13.8 Å². The van der Waals surface area contributed by atoms with E-state index in [-0.39, 0.29) is 5.56 Å². The fourth-order valence-electron chi connectivity index (χ4n) is 1.68. The summed E-state index contributed by atoms with van der Waals surface area (Å²) in [5.41, 5.74) is 8.79. The van der Waals surface area contributed by atoms with E-state index < -0.39 is 0 Å². The highest BCUT2D eigenvalue weighted by atomic mass is 79.9. The molecule has 0 atom stereocenters. The molecule has 0 bridgehead atoms. The van der Waals surface area contributed by atoms with Crippen molar-refractivity contribution in [1.29, 1.82) is 0 Å². The van der Waals surface area contributed by atoms with Crippen molar-refractivity contribution in [2.75, 3.05) is 0 Å². The molecule has 0 aliphatic heterocycles. The van der Waals surface area contributed by atoms with Crippen LogP contribution in [-0.2, 0) is 6.54 Å². The van der Waals surface area contributed by atoms with Gasteiger partial charge in [-0.2, -0.15) is 9.78 Å². The molecule has 0 fully saturated rings. The molecule has 0 spiro atoms. The van der Waals surface area contributed by atoms with Gasteiger partial charge >= 0.3 is 0 Å². The minimum Gasteiger partial charge on any atom is -0.326 e. The van der Waals surface area contributed by atoms with Gasteiger partial charge in [0.05, 0.1) is 11.4 Å². The minimum atomic E-state index is -0.170. The van der Waals surface area contributed by atoms with Crippen molar-refractivity contribution in [3.05, 3.63) is 55.9 Å². The Hall–Kier alpha value is -1.46. The standard InChI is InChI=1S/C13H14BrN3O/c1-8-3-4-11(6-12(8)14)17-13(18)5-10(7-15)9(2)16-17/h3-6H,7,15H2,1-2H3. The first kappa shape index (κ1) is 13.0. The highest BCUT2D eigenvalue weighted by molar-refractivity contribution is 9.10. The van der Waals surface area contributed by atoms with Gasteiger partial charge in [-0.3, -0.25) is 4.79 Å². The lowest BCUT2D eigenvalue weighted by molar-refractivity contribution is 0.766. The topological polar surface area (TPSA) is 60.9 Å². The predicted octanol–water partition coefficient (Wildman–Crippen LogP) is 2.07. The van der Waals surface area contributed by atoms with E-state index in [4.69, 9.17) is 5.73 Å². The molecule has 0 saturated heterocycles. The average molecular weight is 308 g/mol. The highest BCUT2D eigenvalue weighted by Gasteiger charge is 2.07. The van der Waals surface area contributed by atoms with Crippen molar-refractivity contribution in [2.45, 2.75) is 20.4 Å². The molecule has 0 amide bonds. The van der Waals surface area contributed by atoms with Gasteiger partial charge in [0.25, 0.3) is 5.56 Å². The molecule has 2 rings (SSSR count). The Bertz CT molecular complexity index is 649. The number of rotatable bonds is 2. The second-order valence-electron chi connectivity index (χ2n) is 4.14. The lowest BCUT2D eigenvalue weighted by atomic mass is 10.2. The smallest absolute Gasteiger partial charge is 0.271 e. The Morgan fingerprint density at radius 3 is 2.67 bits per heavy atom. The maximum absolute atomic E-state index is 12.0. The van der Waals surface area contributed by atoms with Crippen molar-refractivity contribution in [1.82, 2.24) is 9.78 Å². The molecular formula is C13H14BrN3O. The van der Waals surface area contributed by atoms with Crippen LogP contribution >= 0.6 is 15.9 Å². The number of aromatic nitrogens is 2. The Morgan fingerprint density at radius 2 is 2.06 bits per heavy atom. The van der Waals surface area contributed by atoms with Crippen molar-refractivity contribution in [2.24, 2.45) is 5.73 Å². The number of benzene rings is 1. The number of halogens is 1. The van der Waals surface area contributed by atoms with Crippen LogP contribution in [0.3, 0.4) is 0 Å². The van der Waals surface area contributed by atoms with E-state index in [0.29, 0.717) is 6.54 Å². The molecule has 1 aromatic carbocycles. The van der Waals surface area contributed by atoms with Gasteiger partial charge in [0.15, 0.2) is 0 Å². The van der Waals surface area contributed by atoms with Crippen LogP contribution in [0.4, 0.5) is 0 Å². The van der Waals surface area contributed by atoms with E-state index in [1.165, 1.54) is 10.7 Å². The summed E-state index contributed by atoms with van der Waals surface area (Å²) in [6, 6.07) is 7.23. The fourth-order valence-corrected chi connectivity index (χ4v) is 2.05. The number of hydrogen-bond donors (Lipinski definition) is 1. The molecule has 2 aromatic rings. The van der Waals surface area contributed by atoms with Crippen LogP contribution in [0.5, 0.6) is 0 Å². The summed E-state index contributed by atoms with van der Waals surface area (Å²) in [4.78, 5) is 12.0. The molecule has 1 heterocycles. The van der Waals surface area contributed by atoms with Gasteiger partial charge in [-0.15, -0.1) is 0 Å². The quantitative estimate of drug-likeness (QED) is 0.924. The normalized spacial score (nSPS) is 10.7. The van der Waals surface area contributed by atoms with Gasteiger partial charge in [0.1, 0.15) is 0 Å². The van der Waals surface area contributed by atoms with E-state index in [2.05, 4.69) is 21.0 Å². The van der Waals surface area contributed by atoms with Gasteiger partial charge in [0.2, 0.25) is 0 Å². The van der Waals surface area contributed by atoms with E-state index in [0.717, 1.165) is 27.0 Å². The molecule has 1 aromatic heterocycles. The van der Waals surface area contributed by atoms with Gasteiger partial charge in [0, 0.05) is 17.1 Å². The predicted molar refractivity (Wildman–Crippen MR) is 74.9 cm³/mol. The summed E-state index contributed by atoms with van der Waals surface area (Å²) in [5, 5.41) is 4.29. The Balaban J connectivity index is 2.61. The van der Waals surface area contributed by atoms with Crippen molar-refractivity contribution in [3.63, 3.8) is 0 Å². The third-order valence-corrected chi connectivity index (χ3v) is 3.70. The second kappa shape index (κ2) is 5.04. The zero-order chi connectivity index (χ0) is 13.3. The lowest BCUT2D eigenvalue weighted by Crippen LogP contribution is -2.23. The zero-order valence-corrected chi connectivity index (χ0v) is 11.9. The van der Waals surface area contributed by atoms with Crippen molar-refractivity contribution in [3.8, 4) is 5.69 Å². The average Bonchev–Trinajstić information content (AvgIpc) is 2.35. The molecule has 0 aliphatic rings. The maximum Gasteiger partial charge on any atom is 0.271 e. The Labute approximate surface area is 114 Å². The number of aryl methyl sites for hydroxylation is 2. The molecule has 4 nitrogen and oxygen atoms in total. The SMILES string of the molecule is Cc1ccc(-n2nc(C)c(CN)cc2=O)cc1Br. The minimum absolute atomic E-state index is 0.170. The number of hydrogen-bond acceptors (Lipinski definition) is 3. The Morgan fingerprint density at radius 1 is 1.33 bits per heavy atom. The van der Waals surface area contributed by atoms with Crippen LogP contribution in [-0.4, -0.2) is 9.78 Å². The third kappa shape index (κ3) is 2.37. The summed E-state index contributed by atoms with van der Waals surface area (Å²) in [5.74, 6) is 0. The first-order valence-electron chi connectivity index (χ1n) is 5.59. The van der Waals surface area contributed by atoms with Crippen LogP contribution in [0.2, 0.25) is 0 Å². The molecule has 0 aliphatic carbocycles. The van der Waals surface area contributed by atoms with Crippen LogP contribution in [0.15, 0.2) is 33.5 Å². The molecular weight excluding hydrogens is 294 g/mol. The molecule has 94 valence electrons. The zero-order valence-electron chi connectivity index (χ0n) is 10.3. The van der Waals surface area contributed by atoms with Gasteiger partial charge < -0.3 is 5.73 Å². The summed E-state index contributed by atoms with van der Waals surface area (Å²) >= 11 is 3.45. The van der Waals surface area contributed by atoms with Crippen molar-refractivity contribution < 1.29 is 0 Å². The molecule has 18 heavy (non-hydrogen) atoms. The van der Waals surface area contributed by atoms with Gasteiger partial charge in [-0.05, 0) is 37.1 Å². The summed E-state index contributed by atoms with van der Waals surface area (Å²) in [6.07, 6.45) is 0. The van der Waals surface area contributed by atoms with Gasteiger partial charge in [-0.1, -0.05) is 22.0 Å². The van der Waals surface area contributed by atoms with Gasteiger partial charge in [-0.25, -0.2) is 0 Å². The summed E-state index contributed by atoms with van der Waals surface area (Å²) in [7, 11) is 0. The molecule has 2 N–H and O–H groups in total. The van der Waals surface area contributed by atoms with Crippen LogP contribution in [0.1, 0.15) is 16.8 Å².